The smallest absolute Gasteiger partial charge is 0.326 e. The fourth-order valence-corrected chi connectivity index (χ4v) is 1.88. The molecule has 0 aliphatic carbocycles. The number of amides is 2. The molecule has 19 heavy (non-hydrogen) atoms. The second-order valence-corrected chi connectivity index (χ2v) is 4.60. The molecule has 1 aromatic carbocycles. The summed E-state index contributed by atoms with van der Waals surface area (Å²) in [5, 5.41) is 11.4. The summed E-state index contributed by atoms with van der Waals surface area (Å²) < 4.78 is 0. The van der Waals surface area contributed by atoms with Crippen molar-refractivity contribution in [3.63, 3.8) is 0 Å². The first-order chi connectivity index (χ1) is 8.86. The fourth-order valence-electron chi connectivity index (χ4n) is 1.88. The predicted molar refractivity (Wildman–Crippen MR) is 74.6 cm³/mol. The summed E-state index contributed by atoms with van der Waals surface area (Å²) in [7, 11) is 1.63. The van der Waals surface area contributed by atoms with Crippen molar-refractivity contribution in [1.82, 2.24) is 5.32 Å². The van der Waals surface area contributed by atoms with E-state index in [1.165, 1.54) is 4.90 Å². The number of carbonyl (C=O) groups is 2. The molecule has 0 aliphatic rings. The topological polar surface area (TPSA) is 69.6 Å². The van der Waals surface area contributed by atoms with Crippen LogP contribution in [0.25, 0.3) is 0 Å². The van der Waals surface area contributed by atoms with E-state index in [1.54, 1.807) is 14.0 Å². The van der Waals surface area contributed by atoms with Crippen molar-refractivity contribution in [2.75, 3.05) is 11.9 Å². The van der Waals surface area contributed by atoms with Crippen LogP contribution in [0.1, 0.15) is 24.5 Å². The number of carbonyl (C=O) groups excluding carboxylic acids is 1. The van der Waals surface area contributed by atoms with Gasteiger partial charge in [0.2, 0.25) is 0 Å². The van der Waals surface area contributed by atoms with Gasteiger partial charge in [0, 0.05) is 12.7 Å². The standard InChI is InChI=1S/C14H20N2O3/c1-5-11(13(17)18)15-14(19)16(4)12-7-6-9(2)8-10(12)3/h6-8,11H,5H2,1-4H3,(H,15,19)(H,17,18)/t11-/m1/s1. The van der Waals surface area contributed by atoms with Crippen LogP contribution >= 0.6 is 0 Å². The molecule has 1 atom stereocenters. The van der Waals surface area contributed by atoms with E-state index in [0.717, 1.165) is 16.8 Å². The van der Waals surface area contributed by atoms with Crippen molar-refractivity contribution in [2.24, 2.45) is 0 Å². The van der Waals surface area contributed by atoms with Crippen molar-refractivity contribution in [1.29, 1.82) is 0 Å². The molecular formula is C14H20N2O3. The monoisotopic (exact) mass is 264 g/mol. The number of nitrogens with one attached hydrogen (secondary N) is 1. The number of aryl methyl sites for hydroxylation is 2. The minimum atomic E-state index is -1.02. The van der Waals surface area contributed by atoms with Gasteiger partial charge < -0.3 is 10.4 Å². The zero-order chi connectivity index (χ0) is 14.6. The highest BCUT2D eigenvalue weighted by Gasteiger charge is 2.21. The van der Waals surface area contributed by atoms with E-state index < -0.39 is 18.0 Å². The van der Waals surface area contributed by atoms with E-state index in [2.05, 4.69) is 5.32 Å². The van der Waals surface area contributed by atoms with Gasteiger partial charge in [-0.25, -0.2) is 9.59 Å². The first-order valence-electron chi connectivity index (χ1n) is 6.21. The van der Waals surface area contributed by atoms with Crippen LogP contribution in [0.2, 0.25) is 0 Å². The summed E-state index contributed by atoms with van der Waals surface area (Å²) in [6.07, 6.45) is 0.349. The van der Waals surface area contributed by atoms with Crippen LogP contribution in [-0.4, -0.2) is 30.2 Å². The Morgan fingerprint density at radius 2 is 2.00 bits per heavy atom. The molecule has 1 aromatic rings. The quantitative estimate of drug-likeness (QED) is 0.876. The van der Waals surface area contributed by atoms with Gasteiger partial charge in [-0.05, 0) is 31.9 Å². The Bertz CT molecular complexity index is 486. The van der Waals surface area contributed by atoms with Crippen LogP contribution in [0.15, 0.2) is 18.2 Å². The number of benzene rings is 1. The SMILES string of the molecule is CC[C@@H](NC(=O)N(C)c1ccc(C)cc1C)C(=O)O. The molecule has 0 saturated heterocycles. The highest BCUT2D eigenvalue weighted by Crippen LogP contribution is 2.20. The van der Waals surface area contributed by atoms with Crippen molar-refractivity contribution in [2.45, 2.75) is 33.2 Å². The Balaban J connectivity index is 2.84. The molecule has 0 fully saturated rings. The highest BCUT2D eigenvalue weighted by molar-refractivity contribution is 5.94. The Labute approximate surface area is 113 Å². The number of rotatable bonds is 4. The maximum absolute atomic E-state index is 12.0. The van der Waals surface area contributed by atoms with Gasteiger partial charge in [0.15, 0.2) is 0 Å². The molecule has 0 heterocycles. The number of hydrogen-bond acceptors (Lipinski definition) is 2. The molecule has 2 amide bonds. The summed E-state index contributed by atoms with van der Waals surface area (Å²) in [6.45, 7) is 5.62. The zero-order valence-corrected chi connectivity index (χ0v) is 11.7. The Morgan fingerprint density at radius 1 is 1.37 bits per heavy atom. The molecule has 0 radical (unpaired) electrons. The molecule has 104 valence electrons. The highest BCUT2D eigenvalue weighted by atomic mass is 16.4. The molecule has 0 aliphatic heterocycles. The minimum absolute atomic E-state index is 0.349. The number of aliphatic carboxylic acids is 1. The van der Waals surface area contributed by atoms with Gasteiger partial charge in [0.05, 0.1) is 0 Å². The molecule has 0 aromatic heterocycles. The number of urea groups is 1. The predicted octanol–water partition coefficient (Wildman–Crippen LogP) is 2.31. The van der Waals surface area contributed by atoms with Gasteiger partial charge >= 0.3 is 12.0 Å². The van der Waals surface area contributed by atoms with Gasteiger partial charge in [-0.3, -0.25) is 4.90 Å². The normalized spacial score (nSPS) is 11.8. The number of carboxylic acids is 1. The number of nitrogens with zero attached hydrogens (tertiary/aromatic N) is 1. The third-order valence-electron chi connectivity index (χ3n) is 3.02. The van der Waals surface area contributed by atoms with Crippen molar-refractivity contribution >= 4 is 17.7 Å². The molecule has 2 N–H and O–H groups in total. The lowest BCUT2D eigenvalue weighted by atomic mass is 10.1. The second kappa shape index (κ2) is 6.22. The third kappa shape index (κ3) is 3.71. The molecule has 0 bridgehead atoms. The van der Waals surface area contributed by atoms with Crippen LogP contribution < -0.4 is 10.2 Å². The maximum Gasteiger partial charge on any atom is 0.326 e. The molecular weight excluding hydrogens is 244 g/mol. The van der Waals surface area contributed by atoms with Crippen molar-refractivity contribution in [3.8, 4) is 0 Å². The average molecular weight is 264 g/mol. The first kappa shape index (κ1) is 15.0. The van der Waals surface area contributed by atoms with E-state index in [1.807, 2.05) is 32.0 Å². The number of carboxylic acid groups (broad SMARTS) is 1. The summed E-state index contributed by atoms with van der Waals surface area (Å²) in [4.78, 5) is 24.3. The fraction of sp³-hybridized carbons (Fsp3) is 0.429. The summed E-state index contributed by atoms with van der Waals surface area (Å²) in [5.74, 6) is -1.02. The van der Waals surface area contributed by atoms with Crippen LogP contribution in [0.3, 0.4) is 0 Å². The van der Waals surface area contributed by atoms with Gasteiger partial charge in [0.1, 0.15) is 6.04 Å². The van der Waals surface area contributed by atoms with Gasteiger partial charge in [-0.1, -0.05) is 24.6 Å². The van der Waals surface area contributed by atoms with E-state index >= 15 is 0 Å². The Morgan fingerprint density at radius 3 is 2.47 bits per heavy atom. The lowest BCUT2D eigenvalue weighted by Gasteiger charge is -2.22. The van der Waals surface area contributed by atoms with Crippen LogP contribution in [-0.2, 0) is 4.79 Å². The van der Waals surface area contributed by atoms with E-state index in [4.69, 9.17) is 5.11 Å². The second-order valence-electron chi connectivity index (χ2n) is 4.60. The molecule has 0 spiro atoms. The molecule has 5 heteroatoms. The average Bonchev–Trinajstić information content (AvgIpc) is 2.34. The van der Waals surface area contributed by atoms with Crippen LogP contribution in [0, 0.1) is 13.8 Å². The van der Waals surface area contributed by atoms with E-state index in [0.29, 0.717) is 6.42 Å². The van der Waals surface area contributed by atoms with Gasteiger partial charge in [0.25, 0.3) is 0 Å². The van der Waals surface area contributed by atoms with Gasteiger partial charge in [-0.2, -0.15) is 0 Å². The van der Waals surface area contributed by atoms with E-state index in [9.17, 15) is 9.59 Å². The van der Waals surface area contributed by atoms with Crippen LogP contribution in [0.4, 0.5) is 10.5 Å². The number of anilines is 1. The third-order valence-corrected chi connectivity index (χ3v) is 3.02. The molecule has 5 nitrogen and oxygen atoms in total. The zero-order valence-electron chi connectivity index (χ0n) is 11.7. The first-order valence-corrected chi connectivity index (χ1v) is 6.21. The van der Waals surface area contributed by atoms with Crippen LogP contribution in [0.5, 0.6) is 0 Å². The molecule has 1 rings (SSSR count). The van der Waals surface area contributed by atoms with Crippen molar-refractivity contribution < 1.29 is 14.7 Å². The maximum atomic E-state index is 12.0. The largest absolute Gasteiger partial charge is 0.480 e. The summed E-state index contributed by atoms with van der Waals surface area (Å²) >= 11 is 0. The Hall–Kier alpha value is -2.04. The minimum Gasteiger partial charge on any atom is -0.480 e. The van der Waals surface area contributed by atoms with Gasteiger partial charge in [-0.15, -0.1) is 0 Å². The Kier molecular flexibility index (Phi) is 4.92. The molecule has 0 unspecified atom stereocenters. The lowest BCUT2D eigenvalue weighted by molar-refractivity contribution is -0.139. The lowest BCUT2D eigenvalue weighted by Crippen LogP contribution is -2.46. The summed E-state index contributed by atoms with van der Waals surface area (Å²) in [6, 6.07) is 4.47. The van der Waals surface area contributed by atoms with E-state index in [-0.39, 0.29) is 0 Å². The molecule has 0 saturated carbocycles. The number of hydrogen-bond donors (Lipinski definition) is 2. The van der Waals surface area contributed by atoms with Crippen molar-refractivity contribution in [3.05, 3.63) is 29.3 Å². The summed E-state index contributed by atoms with van der Waals surface area (Å²) in [5.41, 5.74) is 2.86.